The van der Waals surface area contributed by atoms with Gasteiger partial charge in [-0.25, -0.2) is 4.79 Å². The number of nitrogens with two attached hydrogens (primary N) is 1. The summed E-state index contributed by atoms with van der Waals surface area (Å²) >= 11 is 7.83. The van der Waals surface area contributed by atoms with Gasteiger partial charge in [0.2, 0.25) is 0 Å². The van der Waals surface area contributed by atoms with Crippen LogP contribution in [0.5, 0.6) is 5.75 Å². The van der Waals surface area contributed by atoms with Crippen LogP contribution < -0.4 is 14.8 Å². The molecule has 3 aliphatic rings. The zero-order chi connectivity index (χ0) is 29.1. The maximum atomic E-state index is 11.9. The molecule has 0 amide bonds. The predicted octanol–water partition coefficient (Wildman–Crippen LogP) is 7.35. The molecule has 1 saturated carbocycles. The summed E-state index contributed by atoms with van der Waals surface area (Å²) in [5.41, 5.74) is 5.11. The van der Waals surface area contributed by atoms with E-state index < -0.39 is 5.97 Å². The lowest BCUT2D eigenvalue weighted by Gasteiger charge is -2.46. The van der Waals surface area contributed by atoms with E-state index in [2.05, 4.69) is 37.0 Å². The number of carboxylic acids is 1. The van der Waals surface area contributed by atoms with Gasteiger partial charge in [-0.1, -0.05) is 56.0 Å². The lowest BCUT2D eigenvalue weighted by Crippen LogP contribution is -2.46. The van der Waals surface area contributed by atoms with Gasteiger partial charge in [-0.05, 0) is 96.9 Å². The second-order valence-electron chi connectivity index (χ2n) is 12.0. The van der Waals surface area contributed by atoms with Gasteiger partial charge >= 0.3 is 5.97 Å². The molecule has 0 bridgehead atoms. The lowest BCUT2D eigenvalue weighted by molar-refractivity contribution is 0.000675. The zero-order valence-electron chi connectivity index (χ0n) is 24.4. The van der Waals surface area contributed by atoms with Crippen LogP contribution in [0.15, 0.2) is 48.0 Å². The molecule has 222 valence electrons. The topological polar surface area (TPSA) is 85.0 Å². The molecular formula is C33H43ClN2O4S. The zero-order valence-corrected chi connectivity index (χ0v) is 25.9. The highest BCUT2D eigenvalue weighted by Crippen LogP contribution is 2.47. The summed E-state index contributed by atoms with van der Waals surface area (Å²) in [6, 6.07) is 11.4. The minimum absolute atomic E-state index is 0.141. The molecule has 1 aliphatic heterocycles. The summed E-state index contributed by atoms with van der Waals surface area (Å²) in [5.74, 6) is 1.47. The third-order valence-electron chi connectivity index (χ3n) is 9.25. The van der Waals surface area contributed by atoms with Crippen molar-refractivity contribution >= 4 is 35.2 Å². The normalized spacial score (nSPS) is 25.1. The molecule has 6 nitrogen and oxygen atoms in total. The fourth-order valence-electron chi connectivity index (χ4n) is 6.97. The molecule has 2 aromatic carbocycles. The van der Waals surface area contributed by atoms with Crippen molar-refractivity contribution in [2.75, 3.05) is 31.7 Å². The first-order chi connectivity index (χ1) is 19.8. The number of ether oxygens (including phenoxy) is 2. The van der Waals surface area contributed by atoms with E-state index in [0.717, 1.165) is 68.1 Å². The van der Waals surface area contributed by atoms with Crippen LogP contribution in [0, 0.1) is 17.8 Å². The van der Waals surface area contributed by atoms with Crippen molar-refractivity contribution in [2.45, 2.75) is 69.6 Å². The smallest absolute Gasteiger partial charge is 0.335 e. The van der Waals surface area contributed by atoms with E-state index in [9.17, 15) is 9.90 Å². The molecule has 0 aromatic heterocycles. The van der Waals surface area contributed by atoms with Crippen LogP contribution in [0.1, 0.15) is 73.4 Å². The van der Waals surface area contributed by atoms with Gasteiger partial charge in [-0.3, -0.25) is 5.14 Å². The summed E-state index contributed by atoms with van der Waals surface area (Å²) < 4.78 is 12.5. The van der Waals surface area contributed by atoms with E-state index in [4.69, 9.17) is 26.2 Å². The summed E-state index contributed by atoms with van der Waals surface area (Å²) in [7, 11) is 1.84. The third-order valence-corrected chi connectivity index (χ3v) is 10.1. The number of methoxy groups -OCH3 is 1. The quantitative estimate of drug-likeness (QED) is 0.195. The van der Waals surface area contributed by atoms with E-state index in [1.165, 1.54) is 28.6 Å². The first-order valence-corrected chi connectivity index (χ1v) is 16.3. The molecule has 1 fully saturated rings. The average Bonchev–Trinajstić information content (AvgIpc) is 3.10. The number of benzene rings is 2. The molecule has 8 heteroatoms. The molecule has 6 atom stereocenters. The Balaban J connectivity index is 1.39. The van der Waals surface area contributed by atoms with Crippen molar-refractivity contribution in [3.8, 4) is 5.75 Å². The van der Waals surface area contributed by atoms with Crippen LogP contribution in [-0.2, 0) is 11.2 Å². The third kappa shape index (κ3) is 6.74. The molecule has 0 radical (unpaired) electrons. The van der Waals surface area contributed by atoms with Crippen molar-refractivity contribution in [1.82, 2.24) is 0 Å². The molecule has 5 rings (SSSR count). The van der Waals surface area contributed by atoms with Gasteiger partial charge in [-0.15, -0.1) is 0 Å². The lowest BCUT2D eigenvalue weighted by atomic mass is 9.65. The summed E-state index contributed by atoms with van der Waals surface area (Å²) in [4.78, 5) is 14.3. The number of carbonyl (C=O) groups is 1. The molecule has 0 saturated heterocycles. The monoisotopic (exact) mass is 598 g/mol. The minimum atomic E-state index is -0.925. The van der Waals surface area contributed by atoms with Crippen molar-refractivity contribution in [3.63, 3.8) is 0 Å². The van der Waals surface area contributed by atoms with E-state index in [1.54, 1.807) is 12.1 Å². The number of halogens is 1. The van der Waals surface area contributed by atoms with Crippen molar-refractivity contribution in [2.24, 2.45) is 22.9 Å². The highest BCUT2D eigenvalue weighted by atomic mass is 35.5. The van der Waals surface area contributed by atoms with E-state index in [1.807, 2.05) is 19.2 Å². The van der Waals surface area contributed by atoms with E-state index in [0.29, 0.717) is 29.6 Å². The number of aryl methyl sites for hydroxylation is 1. The number of anilines is 1. The minimum Gasteiger partial charge on any atom is -0.491 e. The molecule has 0 spiro atoms. The van der Waals surface area contributed by atoms with E-state index >= 15 is 0 Å². The second-order valence-corrected chi connectivity index (χ2v) is 13.6. The van der Waals surface area contributed by atoms with Gasteiger partial charge in [0.25, 0.3) is 0 Å². The molecule has 1 heterocycles. The Hall–Kier alpha value is -2.19. The maximum absolute atomic E-state index is 11.9. The Morgan fingerprint density at radius 2 is 2.07 bits per heavy atom. The number of hydrogen-bond donors (Lipinski definition) is 2. The number of aromatic carboxylic acids is 1. The Morgan fingerprint density at radius 3 is 2.73 bits per heavy atom. The predicted molar refractivity (Wildman–Crippen MR) is 168 cm³/mol. The summed E-state index contributed by atoms with van der Waals surface area (Å²) in [6.07, 6.45) is 9.04. The largest absolute Gasteiger partial charge is 0.491 e. The Bertz CT molecular complexity index is 1270. The van der Waals surface area contributed by atoms with Gasteiger partial charge in [0, 0.05) is 36.4 Å². The molecule has 2 aliphatic carbocycles. The maximum Gasteiger partial charge on any atom is 0.335 e. The average molecular weight is 599 g/mol. The van der Waals surface area contributed by atoms with E-state index in [-0.39, 0.29) is 17.6 Å². The summed E-state index contributed by atoms with van der Waals surface area (Å²) in [5, 5.41) is 16.8. The Labute approximate surface area is 253 Å². The van der Waals surface area contributed by atoms with Crippen molar-refractivity contribution < 1.29 is 19.4 Å². The number of hydrogen-bond acceptors (Lipinski definition) is 6. The van der Waals surface area contributed by atoms with Gasteiger partial charge < -0.3 is 19.5 Å². The highest BCUT2D eigenvalue weighted by Gasteiger charge is 2.42. The van der Waals surface area contributed by atoms with Crippen LogP contribution in [0.3, 0.4) is 0 Å². The van der Waals surface area contributed by atoms with Crippen molar-refractivity contribution in [1.29, 1.82) is 0 Å². The van der Waals surface area contributed by atoms with Crippen LogP contribution in [0.25, 0.3) is 0 Å². The first-order valence-electron chi connectivity index (χ1n) is 14.9. The fourth-order valence-corrected chi connectivity index (χ4v) is 7.52. The number of nitrogens with zero attached hydrogens (tertiary/aromatic N) is 1. The molecule has 3 N–H and O–H groups in total. The molecule has 2 aromatic rings. The van der Waals surface area contributed by atoms with Crippen LogP contribution in [0.4, 0.5) is 5.69 Å². The number of fused-ring (bicyclic) bond motifs is 1. The van der Waals surface area contributed by atoms with Crippen LogP contribution >= 0.6 is 23.5 Å². The molecule has 41 heavy (non-hydrogen) atoms. The van der Waals surface area contributed by atoms with Crippen LogP contribution in [0.2, 0.25) is 5.02 Å². The van der Waals surface area contributed by atoms with Gasteiger partial charge in [-0.2, -0.15) is 0 Å². The van der Waals surface area contributed by atoms with Gasteiger partial charge in [0.15, 0.2) is 0 Å². The highest BCUT2D eigenvalue weighted by molar-refractivity contribution is 7.97. The summed E-state index contributed by atoms with van der Waals surface area (Å²) in [6.45, 7) is 6.51. The first kappa shape index (κ1) is 30.3. The number of rotatable bonds is 12. The van der Waals surface area contributed by atoms with Crippen molar-refractivity contribution in [3.05, 3.63) is 69.8 Å². The fraction of sp³-hybridized carbons (Fsp3) is 0.545. The van der Waals surface area contributed by atoms with Crippen LogP contribution in [-0.4, -0.2) is 49.2 Å². The number of carboxylic acid groups (broad SMARTS) is 1. The number of allylic oxidation sites excluding steroid dienone is 1. The molecule has 6 unspecified atom stereocenters. The standard InChI is InChI=1S/C33H43ClN2O4S/c1-4-5-22-15-27(34)8-10-28(22)26-18-36(30-16-23(33(37)38)7-11-31(30)40-19-26)17-24-6-9-29(24)32(39-3)25-13-21(14-25)12-20(2)41-35/h7-8,10-11,13,15-16,20-21,24,26,29,32H,4-6,9,12,14,17-19,35H2,1-3H3,(H,37,38). The molecular weight excluding hydrogens is 556 g/mol. The van der Waals surface area contributed by atoms with Gasteiger partial charge in [0.05, 0.1) is 24.0 Å². The SMILES string of the molecule is CCCc1cc(Cl)ccc1C1COc2ccc(C(=O)O)cc2N(CC2CCC2C(OC)C2=CC(CC(C)SN)C2)C1. The van der Waals surface area contributed by atoms with Gasteiger partial charge in [0.1, 0.15) is 5.75 Å². The Morgan fingerprint density at radius 1 is 1.27 bits per heavy atom. The Kier molecular flexibility index (Phi) is 9.90. The second kappa shape index (κ2) is 13.4.